The number of fused-ring (bicyclic) bond motifs is 1. The third-order valence-electron chi connectivity index (χ3n) is 5.24. The molecule has 8 heteroatoms. The van der Waals surface area contributed by atoms with Crippen LogP contribution in [0.2, 0.25) is 0 Å². The monoisotopic (exact) mass is 377 g/mol. The van der Waals surface area contributed by atoms with Gasteiger partial charge in [-0.05, 0) is 38.7 Å². The number of pyridine rings is 1. The zero-order valence-electron chi connectivity index (χ0n) is 15.1. The molecule has 0 N–H and O–H groups in total. The summed E-state index contributed by atoms with van der Waals surface area (Å²) in [7, 11) is -3.06. The van der Waals surface area contributed by atoms with Gasteiger partial charge in [-0.25, -0.2) is 13.4 Å². The molecular formula is C18H23N3O4S. The molecule has 1 unspecified atom stereocenters. The molecule has 2 fully saturated rings. The number of carbonyl (C=O) groups excluding carboxylic acids is 1. The van der Waals surface area contributed by atoms with Gasteiger partial charge in [-0.2, -0.15) is 0 Å². The Morgan fingerprint density at radius 2 is 2.12 bits per heavy atom. The molecule has 1 amide bonds. The Bertz CT molecular complexity index is 962. The minimum atomic E-state index is -3.06. The maximum Gasteiger partial charge on any atom is 0.259 e. The van der Waals surface area contributed by atoms with Crippen LogP contribution in [0.5, 0.6) is 0 Å². The van der Waals surface area contributed by atoms with Crippen LogP contribution in [0.1, 0.15) is 60.3 Å². The van der Waals surface area contributed by atoms with Gasteiger partial charge < -0.3 is 9.42 Å². The average Bonchev–Trinajstić information content (AvgIpc) is 3.31. The molecule has 1 saturated heterocycles. The van der Waals surface area contributed by atoms with E-state index in [9.17, 15) is 13.2 Å². The van der Waals surface area contributed by atoms with E-state index in [2.05, 4.69) is 10.1 Å². The predicted octanol–water partition coefficient (Wildman–Crippen LogP) is 2.45. The highest BCUT2D eigenvalue weighted by Crippen LogP contribution is 2.40. The van der Waals surface area contributed by atoms with Crippen LogP contribution < -0.4 is 0 Å². The quantitative estimate of drug-likeness (QED) is 0.794. The molecule has 1 saturated carbocycles. The van der Waals surface area contributed by atoms with E-state index in [1.807, 2.05) is 13.0 Å². The maximum absolute atomic E-state index is 13.4. The highest BCUT2D eigenvalue weighted by Gasteiger charge is 2.36. The molecular weight excluding hydrogens is 354 g/mol. The van der Waals surface area contributed by atoms with E-state index in [0.29, 0.717) is 41.2 Å². The van der Waals surface area contributed by atoms with Crippen molar-refractivity contribution < 1.29 is 17.7 Å². The second-order valence-corrected chi connectivity index (χ2v) is 9.60. The second-order valence-electron chi connectivity index (χ2n) is 7.37. The van der Waals surface area contributed by atoms with E-state index in [-0.39, 0.29) is 23.5 Å². The van der Waals surface area contributed by atoms with E-state index in [1.54, 1.807) is 11.8 Å². The van der Waals surface area contributed by atoms with Gasteiger partial charge >= 0.3 is 0 Å². The molecule has 7 nitrogen and oxygen atoms in total. The molecule has 2 aromatic heterocycles. The van der Waals surface area contributed by atoms with Crippen molar-refractivity contribution in [3.8, 4) is 0 Å². The Hall–Kier alpha value is -1.96. The summed E-state index contributed by atoms with van der Waals surface area (Å²) >= 11 is 0. The van der Waals surface area contributed by atoms with Crippen LogP contribution in [-0.4, -0.2) is 53.5 Å². The Labute approximate surface area is 152 Å². The fourth-order valence-electron chi connectivity index (χ4n) is 3.74. The Kier molecular flexibility index (Phi) is 4.25. The fourth-order valence-corrected chi connectivity index (χ4v) is 5.47. The van der Waals surface area contributed by atoms with Crippen LogP contribution in [0.4, 0.5) is 0 Å². The summed E-state index contributed by atoms with van der Waals surface area (Å²) in [4.78, 5) is 19.7. The van der Waals surface area contributed by atoms with E-state index in [1.165, 1.54) is 0 Å². The zero-order valence-corrected chi connectivity index (χ0v) is 15.9. The molecule has 1 aliphatic heterocycles. The smallest absolute Gasteiger partial charge is 0.259 e. The van der Waals surface area contributed by atoms with Gasteiger partial charge in [0.15, 0.2) is 9.84 Å². The molecule has 0 spiro atoms. The minimum absolute atomic E-state index is 0.0467. The van der Waals surface area contributed by atoms with E-state index in [4.69, 9.17) is 4.52 Å². The molecule has 1 atom stereocenters. The average molecular weight is 377 g/mol. The molecule has 3 heterocycles. The van der Waals surface area contributed by atoms with Gasteiger partial charge in [-0.15, -0.1) is 0 Å². The SMILES string of the molecule is CCCN(C(=O)c1cc(C2CC2)nc2onc(C)c12)C1CCS(=O)(=O)C1. The first-order valence-corrected chi connectivity index (χ1v) is 11.0. The molecule has 0 radical (unpaired) electrons. The first kappa shape index (κ1) is 17.5. The van der Waals surface area contributed by atoms with Crippen LogP contribution >= 0.6 is 0 Å². The molecule has 4 rings (SSSR count). The second kappa shape index (κ2) is 6.33. The standard InChI is InChI=1S/C18H23N3O4S/c1-3-7-21(13-6-8-26(23,24)10-13)18(22)14-9-15(12-4-5-12)19-17-16(14)11(2)20-25-17/h9,12-13H,3-8,10H2,1-2H3. The topological polar surface area (TPSA) is 93.4 Å². The van der Waals surface area contributed by atoms with Crippen LogP contribution in [0, 0.1) is 6.92 Å². The summed E-state index contributed by atoms with van der Waals surface area (Å²) in [5.41, 5.74) is 2.43. The lowest BCUT2D eigenvalue weighted by molar-refractivity contribution is 0.0699. The third-order valence-corrected chi connectivity index (χ3v) is 6.99. The number of aromatic nitrogens is 2. The summed E-state index contributed by atoms with van der Waals surface area (Å²) in [5, 5.41) is 4.62. The summed E-state index contributed by atoms with van der Waals surface area (Å²) in [6.45, 7) is 4.32. The number of nitrogens with zero attached hydrogens (tertiary/aromatic N) is 3. The highest BCUT2D eigenvalue weighted by atomic mass is 32.2. The van der Waals surface area contributed by atoms with Crippen molar-refractivity contribution in [1.29, 1.82) is 0 Å². The minimum Gasteiger partial charge on any atom is -0.336 e. The molecule has 26 heavy (non-hydrogen) atoms. The van der Waals surface area contributed by atoms with Crippen molar-refractivity contribution in [2.75, 3.05) is 18.1 Å². The van der Waals surface area contributed by atoms with E-state index in [0.717, 1.165) is 25.0 Å². The molecule has 2 aliphatic rings. The Balaban J connectivity index is 1.76. The summed E-state index contributed by atoms with van der Waals surface area (Å²) in [6, 6.07) is 1.60. The lowest BCUT2D eigenvalue weighted by Crippen LogP contribution is -2.41. The number of aryl methyl sites for hydroxylation is 1. The Morgan fingerprint density at radius 3 is 2.73 bits per heavy atom. The summed E-state index contributed by atoms with van der Waals surface area (Å²) < 4.78 is 29.2. The number of sulfone groups is 1. The maximum atomic E-state index is 13.4. The number of hydrogen-bond donors (Lipinski definition) is 0. The van der Waals surface area contributed by atoms with Gasteiger partial charge in [0.25, 0.3) is 11.6 Å². The van der Waals surface area contributed by atoms with Crippen molar-refractivity contribution >= 4 is 26.8 Å². The largest absolute Gasteiger partial charge is 0.336 e. The third kappa shape index (κ3) is 3.11. The van der Waals surface area contributed by atoms with E-state index < -0.39 is 9.84 Å². The molecule has 1 aliphatic carbocycles. The number of carbonyl (C=O) groups is 1. The van der Waals surface area contributed by atoms with Crippen molar-refractivity contribution in [2.24, 2.45) is 0 Å². The van der Waals surface area contributed by atoms with Crippen molar-refractivity contribution in [2.45, 2.75) is 51.5 Å². The predicted molar refractivity (Wildman–Crippen MR) is 96.9 cm³/mol. The molecule has 0 aromatic carbocycles. The van der Waals surface area contributed by atoms with Crippen LogP contribution in [0.15, 0.2) is 10.6 Å². The van der Waals surface area contributed by atoms with Crippen LogP contribution in [0.3, 0.4) is 0 Å². The van der Waals surface area contributed by atoms with Gasteiger partial charge in [-0.1, -0.05) is 12.1 Å². The van der Waals surface area contributed by atoms with Crippen molar-refractivity contribution in [3.05, 3.63) is 23.0 Å². The van der Waals surface area contributed by atoms with E-state index >= 15 is 0 Å². The van der Waals surface area contributed by atoms with Crippen molar-refractivity contribution in [3.63, 3.8) is 0 Å². The van der Waals surface area contributed by atoms with Crippen molar-refractivity contribution in [1.82, 2.24) is 15.0 Å². The van der Waals surface area contributed by atoms with Gasteiger partial charge in [0.2, 0.25) is 0 Å². The van der Waals surface area contributed by atoms with Gasteiger partial charge in [-0.3, -0.25) is 4.79 Å². The van der Waals surface area contributed by atoms with Gasteiger partial charge in [0, 0.05) is 24.2 Å². The van der Waals surface area contributed by atoms with Gasteiger partial charge in [0.05, 0.1) is 28.1 Å². The first-order valence-electron chi connectivity index (χ1n) is 9.18. The lowest BCUT2D eigenvalue weighted by Gasteiger charge is -2.28. The zero-order chi connectivity index (χ0) is 18.5. The van der Waals surface area contributed by atoms with Crippen LogP contribution in [0.25, 0.3) is 11.1 Å². The molecule has 2 aromatic rings. The Morgan fingerprint density at radius 1 is 1.35 bits per heavy atom. The number of hydrogen-bond acceptors (Lipinski definition) is 6. The molecule has 140 valence electrons. The molecule has 0 bridgehead atoms. The highest BCUT2D eigenvalue weighted by molar-refractivity contribution is 7.91. The number of rotatable bonds is 5. The summed E-state index contributed by atoms with van der Waals surface area (Å²) in [6.07, 6.45) is 3.41. The van der Waals surface area contributed by atoms with Gasteiger partial charge in [0.1, 0.15) is 0 Å². The van der Waals surface area contributed by atoms with Crippen LogP contribution in [-0.2, 0) is 9.84 Å². The summed E-state index contributed by atoms with van der Waals surface area (Å²) in [5.74, 6) is 0.430. The normalized spacial score (nSPS) is 22.0. The lowest BCUT2D eigenvalue weighted by atomic mass is 10.1. The first-order chi connectivity index (χ1) is 12.4. The fraction of sp³-hybridized carbons (Fsp3) is 0.611. The number of amides is 1.